The lowest BCUT2D eigenvalue weighted by Crippen LogP contribution is -2.42. The lowest BCUT2D eigenvalue weighted by molar-refractivity contribution is -0.139. The van der Waals surface area contributed by atoms with Gasteiger partial charge in [0.25, 0.3) is 5.91 Å². The van der Waals surface area contributed by atoms with Crippen LogP contribution in [0.25, 0.3) is 0 Å². The third-order valence-electron chi connectivity index (χ3n) is 3.34. The van der Waals surface area contributed by atoms with E-state index in [9.17, 15) is 14.7 Å². The van der Waals surface area contributed by atoms with Crippen LogP contribution in [0.1, 0.15) is 35.9 Å². The molecule has 6 nitrogen and oxygen atoms in total. The third-order valence-corrected chi connectivity index (χ3v) is 3.77. The molecule has 0 radical (unpaired) electrons. The number of carboxylic acids is 1. The van der Waals surface area contributed by atoms with Crippen LogP contribution in [-0.2, 0) is 11.2 Å². The number of nitrogens with one attached hydrogen (secondary N) is 1. The molecule has 0 aliphatic heterocycles. The molecule has 0 saturated carbocycles. The first kappa shape index (κ1) is 18.3. The molecule has 24 heavy (non-hydrogen) atoms. The van der Waals surface area contributed by atoms with Crippen molar-refractivity contribution in [1.29, 1.82) is 0 Å². The van der Waals surface area contributed by atoms with Crippen LogP contribution < -0.4 is 5.32 Å². The Kier molecular flexibility index (Phi) is 5.85. The monoisotopic (exact) mass is 369 g/mol. The van der Waals surface area contributed by atoms with Gasteiger partial charge in [0.2, 0.25) is 0 Å². The van der Waals surface area contributed by atoms with E-state index >= 15 is 0 Å². The van der Waals surface area contributed by atoms with E-state index in [1.54, 1.807) is 35.1 Å². The molecule has 1 aromatic carbocycles. The van der Waals surface area contributed by atoms with Crippen LogP contribution >= 0.6 is 23.2 Å². The number of carbonyl (C=O) groups excluding carboxylic acids is 1. The number of aromatic nitrogens is 2. The second-order valence-corrected chi connectivity index (χ2v) is 6.49. The van der Waals surface area contributed by atoms with Crippen LogP contribution in [0.15, 0.2) is 30.5 Å². The highest BCUT2D eigenvalue weighted by atomic mass is 35.5. The van der Waals surface area contributed by atoms with Gasteiger partial charge in [0.1, 0.15) is 11.7 Å². The van der Waals surface area contributed by atoms with Gasteiger partial charge in [0.15, 0.2) is 0 Å². The Bertz CT molecular complexity index is 739. The molecular weight excluding hydrogens is 353 g/mol. The summed E-state index contributed by atoms with van der Waals surface area (Å²) in [5.41, 5.74) is 0.784. The summed E-state index contributed by atoms with van der Waals surface area (Å²) in [5, 5.41) is 16.8. The molecule has 0 saturated heterocycles. The lowest BCUT2D eigenvalue weighted by Gasteiger charge is -2.14. The van der Waals surface area contributed by atoms with Gasteiger partial charge in [0.05, 0.1) is 0 Å². The Balaban J connectivity index is 2.12. The predicted molar refractivity (Wildman–Crippen MR) is 91.7 cm³/mol. The lowest BCUT2D eigenvalue weighted by atomic mass is 10.1. The molecule has 0 fully saturated rings. The Morgan fingerprint density at radius 3 is 2.38 bits per heavy atom. The van der Waals surface area contributed by atoms with Gasteiger partial charge in [-0.05, 0) is 43.7 Å². The van der Waals surface area contributed by atoms with Crippen molar-refractivity contribution in [3.05, 3.63) is 51.8 Å². The SMILES string of the molecule is CC(C)n1ccc(C(=O)NC(Cc2cc(Cl)cc(Cl)c2)C(=O)O)n1. The smallest absolute Gasteiger partial charge is 0.326 e. The quantitative estimate of drug-likeness (QED) is 0.818. The molecule has 8 heteroatoms. The second kappa shape index (κ2) is 7.68. The van der Waals surface area contributed by atoms with E-state index in [0.717, 1.165) is 0 Å². The topological polar surface area (TPSA) is 84.2 Å². The van der Waals surface area contributed by atoms with Crippen molar-refractivity contribution in [2.24, 2.45) is 0 Å². The fourth-order valence-electron chi connectivity index (χ4n) is 2.14. The Labute approximate surface area is 149 Å². The van der Waals surface area contributed by atoms with Crippen LogP contribution in [0.5, 0.6) is 0 Å². The van der Waals surface area contributed by atoms with Crippen molar-refractivity contribution < 1.29 is 14.7 Å². The van der Waals surface area contributed by atoms with E-state index in [1.807, 2.05) is 13.8 Å². The largest absolute Gasteiger partial charge is 0.480 e. The Hall–Kier alpha value is -2.05. The molecule has 1 aromatic heterocycles. The summed E-state index contributed by atoms with van der Waals surface area (Å²) in [5.74, 6) is -1.70. The molecule has 1 unspecified atom stereocenters. The molecular formula is C16H17Cl2N3O3. The first-order valence-corrected chi connectivity index (χ1v) is 8.05. The number of amides is 1. The molecule has 2 aromatic rings. The number of benzene rings is 1. The maximum atomic E-state index is 12.2. The third kappa shape index (κ3) is 4.72. The van der Waals surface area contributed by atoms with Crippen molar-refractivity contribution in [2.75, 3.05) is 0 Å². The standard InChI is InChI=1S/C16H17Cl2N3O3/c1-9(2)21-4-3-13(20-21)15(22)19-14(16(23)24)7-10-5-11(17)8-12(18)6-10/h3-6,8-9,14H,7H2,1-2H3,(H,19,22)(H,23,24). The van der Waals surface area contributed by atoms with Crippen molar-refractivity contribution >= 4 is 35.1 Å². The average molecular weight is 370 g/mol. The summed E-state index contributed by atoms with van der Waals surface area (Å²) in [6, 6.07) is 5.32. The molecule has 2 rings (SSSR count). The summed E-state index contributed by atoms with van der Waals surface area (Å²) < 4.78 is 1.63. The van der Waals surface area contributed by atoms with E-state index in [1.165, 1.54) is 0 Å². The van der Waals surface area contributed by atoms with Crippen molar-refractivity contribution in [1.82, 2.24) is 15.1 Å². The highest BCUT2D eigenvalue weighted by molar-refractivity contribution is 6.34. The average Bonchev–Trinajstić information content (AvgIpc) is 2.95. The van der Waals surface area contributed by atoms with Crippen LogP contribution in [-0.4, -0.2) is 32.8 Å². The molecule has 128 valence electrons. The zero-order valence-corrected chi connectivity index (χ0v) is 14.7. The van der Waals surface area contributed by atoms with Crippen LogP contribution in [0.3, 0.4) is 0 Å². The van der Waals surface area contributed by atoms with Gasteiger partial charge < -0.3 is 10.4 Å². The van der Waals surface area contributed by atoms with Gasteiger partial charge in [0, 0.05) is 28.7 Å². The first-order valence-electron chi connectivity index (χ1n) is 7.30. The van der Waals surface area contributed by atoms with E-state index in [2.05, 4.69) is 10.4 Å². The normalized spacial score (nSPS) is 12.2. The molecule has 0 aliphatic rings. The summed E-state index contributed by atoms with van der Waals surface area (Å²) in [6.45, 7) is 3.86. The van der Waals surface area contributed by atoms with E-state index in [4.69, 9.17) is 23.2 Å². The number of hydrogen-bond donors (Lipinski definition) is 2. The number of carboxylic acid groups (broad SMARTS) is 1. The summed E-state index contributed by atoms with van der Waals surface area (Å²) in [6.07, 6.45) is 1.73. The molecule has 0 aliphatic carbocycles. The molecule has 1 heterocycles. The van der Waals surface area contributed by atoms with Crippen molar-refractivity contribution in [3.63, 3.8) is 0 Å². The van der Waals surface area contributed by atoms with E-state index in [0.29, 0.717) is 15.6 Å². The summed E-state index contributed by atoms with van der Waals surface area (Å²) in [7, 11) is 0. The zero-order valence-electron chi connectivity index (χ0n) is 13.2. The number of rotatable bonds is 6. The van der Waals surface area contributed by atoms with E-state index < -0.39 is 17.9 Å². The zero-order chi connectivity index (χ0) is 17.9. The maximum absolute atomic E-state index is 12.2. The van der Waals surface area contributed by atoms with Crippen LogP contribution in [0, 0.1) is 0 Å². The fourth-order valence-corrected chi connectivity index (χ4v) is 2.71. The van der Waals surface area contributed by atoms with Gasteiger partial charge in [-0.15, -0.1) is 0 Å². The Morgan fingerprint density at radius 1 is 1.25 bits per heavy atom. The minimum absolute atomic E-state index is 0.0617. The molecule has 0 bridgehead atoms. The number of halogens is 2. The van der Waals surface area contributed by atoms with Crippen LogP contribution in [0.4, 0.5) is 0 Å². The molecule has 2 N–H and O–H groups in total. The van der Waals surface area contributed by atoms with Gasteiger partial charge in [-0.3, -0.25) is 9.48 Å². The molecule has 0 spiro atoms. The fraction of sp³-hybridized carbons (Fsp3) is 0.312. The van der Waals surface area contributed by atoms with Gasteiger partial charge >= 0.3 is 5.97 Å². The number of hydrogen-bond acceptors (Lipinski definition) is 3. The Morgan fingerprint density at radius 2 is 1.88 bits per heavy atom. The highest BCUT2D eigenvalue weighted by Crippen LogP contribution is 2.20. The van der Waals surface area contributed by atoms with Crippen molar-refractivity contribution in [2.45, 2.75) is 32.4 Å². The minimum atomic E-state index is -1.15. The summed E-state index contributed by atoms with van der Waals surface area (Å²) >= 11 is 11.8. The first-order chi connectivity index (χ1) is 11.3. The predicted octanol–water partition coefficient (Wildman–Crippen LogP) is 3.20. The summed E-state index contributed by atoms with van der Waals surface area (Å²) in [4.78, 5) is 23.7. The van der Waals surface area contributed by atoms with Crippen molar-refractivity contribution in [3.8, 4) is 0 Å². The maximum Gasteiger partial charge on any atom is 0.326 e. The van der Waals surface area contributed by atoms with Crippen LogP contribution in [0.2, 0.25) is 10.0 Å². The number of carbonyl (C=O) groups is 2. The molecule has 1 amide bonds. The molecule has 1 atom stereocenters. The van der Waals surface area contributed by atoms with Gasteiger partial charge in [-0.2, -0.15) is 5.10 Å². The number of nitrogens with zero attached hydrogens (tertiary/aromatic N) is 2. The minimum Gasteiger partial charge on any atom is -0.480 e. The van der Waals surface area contributed by atoms with E-state index in [-0.39, 0.29) is 18.2 Å². The van der Waals surface area contributed by atoms with Gasteiger partial charge in [-0.1, -0.05) is 23.2 Å². The second-order valence-electron chi connectivity index (χ2n) is 5.62. The number of aliphatic carboxylic acids is 1. The van der Waals surface area contributed by atoms with Gasteiger partial charge in [-0.25, -0.2) is 4.79 Å². The highest BCUT2D eigenvalue weighted by Gasteiger charge is 2.22.